The highest BCUT2D eigenvalue weighted by atomic mass is 16.3. The van der Waals surface area contributed by atoms with Crippen molar-refractivity contribution in [2.24, 2.45) is 0 Å². The molecule has 0 aliphatic rings. The molecule has 0 spiro atoms. The van der Waals surface area contributed by atoms with Crippen molar-refractivity contribution in [3.63, 3.8) is 0 Å². The Morgan fingerprint density at radius 2 is 2.28 bits per heavy atom. The van der Waals surface area contributed by atoms with Gasteiger partial charge in [-0.1, -0.05) is 6.92 Å². The molecule has 0 fully saturated rings. The summed E-state index contributed by atoms with van der Waals surface area (Å²) in [5.41, 5.74) is 1.89. The van der Waals surface area contributed by atoms with Crippen LogP contribution in [-0.2, 0) is 13.0 Å². The molecule has 2 aromatic rings. The molecule has 0 radical (unpaired) electrons. The van der Waals surface area contributed by atoms with Gasteiger partial charge in [0.15, 0.2) is 0 Å². The Labute approximate surface area is 107 Å². The lowest BCUT2D eigenvalue weighted by Crippen LogP contribution is -2.11. The number of hydrogen-bond donors (Lipinski definition) is 1. The van der Waals surface area contributed by atoms with Crippen LogP contribution in [0.2, 0.25) is 0 Å². The van der Waals surface area contributed by atoms with Gasteiger partial charge in [-0.15, -0.1) is 0 Å². The molecule has 18 heavy (non-hydrogen) atoms. The second-order valence-electron chi connectivity index (χ2n) is 4.35. The summed E-state index contributed by atoms with van der Waals surface area (Å²) in [6.45, 7) is 4.87. The molecular weight excluding hydrogens is 228 g/mol. The Morgan fingerprint density at radius 1 is 1.44 bits per heavy atom. The average Bonchev–Trinajstić information content (AvgIpc) is 2.78. The zero-order valence-electron chi connectivity index (χ0n) is 10.7. The number of aliphatic hydroxyl groups is 1. The summed E-state index contributed by atoms with van der Waals surface area (Å²) >= 11 is 0. The first kappa shape index (κ1) is 12.7. The maximum absolute atomic E-state index is 10.3. The van der Waals surface area contributed by atoms with E-state index in [0.29, 0.717) is 6.42 Å². The number of nitrogens with zero attached hydrogens (tertiary/aromatic N) is 4. The van der Waals surface area contributed by atoms with Crippen LogP contribution in [-0.4, -0.2) is 24.9 Å². The zero-order chi connectivity index (χ0) is 13.0. The Morgan fingerprint density at radius 3 is 3.00 bits per heavy atom. The maximum atomic E-state index is 10.3. The molecule has 5 heteroatoms. The highest BCUT2D eigenvalue weighted by molar-refractivity contribution is 5.24. The monoisotopic (exact) mass is 246 g/mol. The number of hydrogen-bond acceptors (Lipinski definition) is 4. The topological polar surface area (TPSA) is 63.8 Å². The molecule has 2 rings (SSSR count). The lowest BCUT2D eigenvalue weighted by Gasteiger charge is -2.13. The Bertz CT molecular complexity index is 509. The number of rotatable bonds is 5. The summed E-state index contributed by atoms with van der Waals surface area (Å²) in [6.07, 6.45) is 5.91. The van der Waals surface area contributed by atoms with Crippen molar-refractivity contribution in [1.82, 2.24) is 19.7 Å². The highest BCUT2D eigenvalue weighted by Gasteiger charge is 2.14. The predicted molar refractivity (Wildman–Crippen MR) is 68.0 cm³/mol. The summed E-state index contributed by atoms with van der Waals surface area (Å²) in [6, 6.07) is 1.85. The van der Waals surface area contributed by atoms with E-state index in [0.717, 1.165) is 29.9 Å². The number of aromatic nitrogens is 4. The standard InChI is InChI=1S/C13H18N4O/c1-3-6-17-13(15-9-16-17)7-12(18)11-4-5-14-8-10(11)2/h4-5,8-9,12,18H,3,6-7H2,1-2H3. The van der Waals surface area contributed by atoms with Gasteiger partial charge in [0.05, 0.1) is 6.10 Å². The normalized spacial score (nSPS) is 12.6. The molecule has 1 atom stereocenters. The smallest absolute Gasteiger partial charge is 0.138 e. The van der Waals surface area contributed by atoms with Crippen molar-refractivity contribution in [2.45, 2.75) is 39.3 Å². The van der Waals surface area contributed by atoms with Crippen LogP contribution in [0, 0.1) is 6.92 Å². The third kappa shape index (κ3) is 2.73. The average molecular weight is 246 g/mol. The van der Waals surface area contributed by atoms with Crippen LogP contribution in [0.25, 0.3) is 0 Å². The van der Waals surface area contributed by atoms with Gasteiger partial charge in [-0.05, 0) is 30.5 Å². The van der Waals surface area contributed by atoms with Gasteiger partial charge in [-0.3, -0.25) is 9.67 Å². The summed E-state index contributed by atoms with van der Waals surface area (Å²) in [7, 11) is 0. The fraction of sp³-hybridized carbons (Fsp3) is 0.462. The summed E-state index contributed by atoms with van der Waals surface area (Å²) in [4.78, 5) is 8.23. The summed E-state index contributed by atoms with van der Waals surface area (Å²) in [5, 5.41) is 14.4. The van der Waals surface area contributed by atoms with E-state index in [1.165, 1.54) is 6.33 Å². The van der Waals surface area contributed by atoms with Crippen LogP contribution in [0.15, 0.2) is 24.8 Å². The van der Waals surface area contributed by atoms with Gasteiger partial charge in [-0.2, -0.15) is 5.10 Å². The molecule has 96 valence electrons. The lowest BCUT2D eigenvalue weighted by molar-refractivity contribution is 0.173. The van der Waals surface area contributed by atoms with E-state index < -0.39 is 6.10 Å². The molecule has 0 saturated carbocycles. The van der Waals surface area contributed by atoms with Gasteiger partial charge in [0, 0.05) is 25.4 Å². The molecule has 2 aromatic heterocycles. The van der Waals surface area contributed by atoms with Gasteiger partial charge >= 0.3 is 0 Å². The van der Waals surface area contributed by atoms with Crippen LogP contribution in [0.5, 0.6) is 0 Å². The van der Waals surface area contributed by atoms with Crippen molar-refractivity contribution in [2.75, 3.05) is 0 Å². The SMILES string of the molecule is CCCn1ncnc1CC(O)c1ccncc1C. The fourth-order valence-corrected chi connectivity index (χ4v) is 1.99. The molecule has 0 bridgehead atoms. The molecular formula is C13H18N4O. The summed E-state index contributed by atoms with van der Waals surface area (Å²) < 4.78 is 1.85. The zero-order valence-corrected chi connectivity index (χ0v) is 10.7. The van der Waals surface area contributed by atoms with E-state index in [-0.39, 0.29) is 0 Å². The second kappa shape index (κ2) is 5.73. The summed E-state index contributed by atoms with van der Waals surface area (Å²) in [5.74, 6) is 0.820. The third-order valence-electron chi connectivity index (χ3n) is 2.93. The van der Waals surface area contributed by atoms with Gasteiger partial charge in [0.2, 0.25) is 0 Å². The predicted octanol–water partition coefficient (Wildman–Crippen LogP) is 1.67. The molecule has 0 aromatic carbocycles. The van der Waals surface area contributed by atoms with Crippen molar-refractivity contribution in [3.8, 4) is 0 Å². The Kier molecular flexibility index (Phi) is 4.04. The Hall–Kier alpha value is -1.75. The highest BCUT2D eigenvalue weighted by Crippen LogP contribution is 2.19. The second-order valence-corrected chi connectivity index (χ2v) is 4.35. The van der Waals surface area contributed by atoms with Gasteiger partial charge in [0.1, 0.15) is 12.2 Å². The minimum absolute atomic E-state index is 0.477. The minimum Gasteiger partial charge on any atom is -0.388 e. The van der Waals surface area contributed by atoms with Crippen LogP contribution in [0.1, 0.15) is 36.4 Å². The van der Waals surface area contributed by atoms with Crippen molar-refractivity contribution >= 4 is 0 Å². The molecule has 0 amide bonds. The molecule has 2 heterocycles. The number of aliphatic hydroxyl groups excluding tert-OH is 1. The van der Waals surface area contributed by atoms with Gasteiger partial charge < -0.3 is 5.11 Å². The van der Waals surface area contributed by atoms with Crippen LogP contribution >= 0.6 is 0 Å². The van der Waals surface area contributed by atoms with Gasteiger partial charge in [-0.25, -0.2) is 4.98 Å². The van der Waals surface area contributed by atoms with E-state index in [9.17, 15) is 5.11 Å². The van der Waals surface area contributed by atoms with Gasteiger partial charge in [0.25, 0.3) is 0 Å². The number of pyridine rings is 1. The van der Waals surface area contributed by atoms with E-state index in [1.54, 1.807) is 12.4 Å². The van der Waals surface area contributed by atoms with E-state index in [1.807, 2.05) is 17.7 Å². The first-order chi connectivity index (χ1) is 8.72. The largest absolute Gasteiger partial charge is 0.388 e. The lowest BCUT2D eigenvalue weighted by atomic mass is 10.0. The van der Waals surface area contributed by atoms with Crippen LogP contribution in [0.4, 0.5) is 0 Å². The maximum Gasteiger partial charge on any atom is 0.138 e. The molecule has 0 aliphatic heterocycles. The number of aryl methyl sites for hydroxylation is 2. The van der Waals surface area contributed by atoms with Crippen molar-refractivity contribution in [1.29, 1.82) is 0 Å². The third-order valence-corrected chi connectivity index (χ3v) is 2.93. The molecule has 1 unspecified atom stereocenters. The first-order valence-electron chi connectivity index (χ1n) is 6.17. The van der Waals surface area contributed by atoms with Crippen LogP contribution < -0.4 is 0 Å². The van der Waals surface area contributed by atoms with E-state index >= 15 is 0 Å². The van der Waals surface area contributed by atoms with Crippen molar-refractivity contribution < 1.29 is 5.11 Å². The van der Waals surface area contributed by atoms with E-state index in [4.69, 9.17) is 0 Å². The quantitative estimate of drug-likeness (QED) is 0.871. The Balaban J connectivity index is 2.14. The molecule has 1 N–H and O–H groups in total. The fourth-order valence-electron chi connectivity index (χ4n) is 1.99. The molecule has 0 saturated heterocycles. The minimum atomic E-state index is -0.562. The van der Waals surface area contributed by atoms with Crippen LogP contribution in [0.3, 0.4) is 0 Å². The molecule has 5 nitrogen and oxygen atoms in total. The van der Waals surface area contributed by atoms with E-state index in [2.05, 4.69) is 22.0 Å². The molecule has 0 aliphatic carbocycles. The van der Waals surface area contributed by atoms with Crippen molar-refractivity contribution in [3.05, 3.63) is 41.7 Å². The first-order valence-corrected chi connectivity index (χ1v) is 6.17.